The van der Waals surface area contributed by atoms with Gasteiger partial charge in [0, 0.05) is 24.9 Å². The Morgan fingerprint density at radius 1 is 1.00 bits per heavy atom. The molecular weight excluding hydrogens is 436 g/mol. The first kappa shape index (κ1) is 24.3. The Morgan fingerprint density at radius 3 is 2.38 bits per heavy atom. The Balaban J connectivity index is 1.63. The molecule has 5 rings (SSSR count). The topological polar surface area (TPSA) is 86.6 Å². The fourth-order valence-electron chi connectivity index (χ4n) is 7.63. The molecule has 0 unspecified atom stereocenters. The zero-order chi connectivity index (χ0) is 24.4. The quantitative estimate of drug-likeness (QED) is 0.602. The minimum Gasteiger partial charge on any atom is -0.497 e. The predicted molar refractivity (Wildman–Crippen MR) is 126 cm³/mol. The fraction of sp³-hybridized carbons (Fsp3) is 0.778. The minimum absolute atomic E-state index is 0.157. The lowest BCUT2D eigenvalue weighted by atomic mass is 9.55. The highest BCUT2D eigenvalue weighted by Gasteiger charge is 2.74. The zero-order valence-electron chi connectivity index (χ0n) is 21.1. The molecule has 0 radical (unpaired) electrons. The van der Waals surface area contributed by atoms with Crippen molar-refractivity contribution in [1.29, 1.82) is 0 Å². The summed E-state index contributed by atoms with van der Waals surface area (Å²) in [5, 5.41) is 24.4. The minimum atomic E-state index is -1.36. The average molecular weight is 477 g/mol. The Morgan fingerprint density at radius 2 is 1.71 bits per heavy atom. The van der Waals surface area contributed by atoms with Gasteiger partial charge in [-0.2, -0.15) is 0 Å². The zero-order valence-corrected chi connectivity index (χ0v) is 21.1. The highest BCUT2D eigenvalue weighted by atomic mass is 16.7. The Bertz CT molecular complexity index is 887. The van der Waals surface area contributed by atoms with Gasteiger partial charge in [0.1, 0.15) is 30.5 Å². The van der Waals surface area contributed by atoms with Crippen molar-refractivity contribution in [3.63, 3.8) is 0 Å². The van der Waals surface area contributed by atoms with Crippen LogP contribution in [0.1, 0.15) is 59.3 Å². The molecule has 2 saturated carbocycles. The summed E-state index contributed by atoms with van der Waals surface area (Å²) in [6.07, 6.45) is 3.22. The van der Waals surface area contributed by atoms with Crippen molar-refractivity contribution in [3.05, 3.63) is 24.3 Å². The van der Waals surface area contributed by atoms with Crippen LogP contribution in [0.2, 0.25) is 0 Å². The second-order valence-electron chi connectivity index (χ2n) is 11.6. The van der Waals surface area contributed by atoms with Crippen LogP contribution in [0.4, 0.5) is 0 Å². The van der Waals surface area contributed by atoms with E-state index in [0.717, 1.165) is 31.4 Å². The fourth-order valence-corrected chi connectivity index (χ4v) is 7.63. The van der Waals surface area contributed by atoms with E-state index in [1.54, 1.807) is 14.2 Å². The van der Waals surface area contributed by atoms with Gasteiger partial charge in [0.15, 0.2) is 5.79 Å². The maximum atomic E-state index is 12.2. The van der Waals surface area contributed by atoms with Crippen LogP contribution in [-0.2, 0) is 14.2 Å². The van der Waals surface area contributed by atoms with Gasteiger partial charge in [-0.15, -0.1) is 0 Å². The number of fused-ring (bicyclic) bond motifs is 7. The van der Waals surface area contributed by atoms with E-state index in [9.17, 15) is 10.2 Å². The van der Waals surface area contributed by atoms with Crippen molar-refractivity contribution in [2.75, 3.05) is 21.0 Å². The van der Waals surface area contributed by atoms with E-state index in [0.29, 0.717) is 18.6 Å². The highest BCUT2D eigenvalue weighted by molar-refractivity contribution is 5.32. The first-order chi connectivity index (χ1) is 16.1. The van der Waals surface area contributed by atoms with Gasteiger partial charge >= 0.3 is 0 Å². The molecule has 0 aromatic heterocycles. The van der Waals surface area contributed by atoms with E-state index in [1.165, 1.54) is 0 Å². The summed E-state index contributed by atoms with van der Waals surface area (Å²) in [4.78, 5) is 0. The van der Waals surface area contributed by atoms with Crippen molar-refractivity contribution in [3.8, 4) is 11.5 Å². The molecule has 2 N–H and O–H groups in total. The third-order valence-corrected chi connectivity index (χ3v) is 9.92. The molecule has 1 aromatic rings. The number of benzene rings is 1. The van der Waals surface area contributed by atoms with Crippen LogP contribution < -0.4 is 9.47 Å². The Labute approximate surface area is 202 Å². The van der Waals surface area contributed by atoms with E-state index >= 15 is 0 Å². The van der Waals surface area contributed by atoms with Gasteiger partial charge in [0.2, 0.25) is 0 Å². The molecule has 190 valence electrons. The first-order valence-corrected chi connectivity index (χ1v) is 12.6. The van der Waals surface area contributed by atoms with Crippen LogP contribution in [0.3, 0.4) is 0 Å². The normalized spacial score (nSPS) is 44.7. The number of methoxy groups -OCH3 is 2. The van der Waals surface area contributed by atoms with Crippen LogP contribution in [0.25, 0.3) is 0 Å². The van der Waals surface area contributed by atoms with E-state index in [1.807, 2.05) is 24.3 Å². The summed E-state index contributed by atoms with van der Waals surface area (Å²) in [5.74, 6) is 0.0486. The second kappa shape index (κ2) is 8.34. The van der Waals surface area contributed by atoms with Gasteiger partial charge in [-0.3, -0.25) is 0 Å². The summed E-state index contributed by atoms with van der Waals surface area (Å²) >= 11 is 0. The van der Waals surface area contributed by atoms with Gasteiger partial charge in [-0.1, -0.05) is 27.2 Å². The molecule has 0 spiro atoms. The number of hydrogen-bond acceptors (Lipinski definition) is 7. The van der Waals surface area contributed by atoms with E-state index < -0.39 is 34.4 Å². The molecule has 2 heterocycles. The van der Waals surface area contributed by atoms with Crippen molar-refractivity contribution in [1.82, 2.24) is 0 Å². The summed E-state index contributed by atoms with van der Waals surface area (Å²) in [7, 11) is 3.26. The van der Waals surface area contributed by atoms with Gasteiger partial charge in [-0.05, 0) is 61.3 Å². The lowest BCUT2D eigenvalue weighted by molar-refractivity contribution is -0.390. The monoisotopic (exact) mass is 476 g/mol. The van der Waals surface area contributed by atoms with Crippen LogP contribution >= 0.6 is 0 Å². The number of aliphatic hydroxyl groups is 2. The standard InChI is InChI=1S/C27H40O7/c1-24(2)17-12-14-26(24,28)23-22(33-19-10-8-18(31-5)9-11-19)21-20(32-16-30-4)7-6-13-25(21,3)27(29,15-17)34-23/h8-11,17,20-23,28-29H,6-7,12-16H2,1-5H3/t17-,20-,21-,22-,23-,25-,26+,27+/m1/s1. The molecule has 4 bridgehead atoms. The van der Waals surface area contributed by atoms with Gasteiger partial charge in [-0.25, -0.2) is 0 Å². The van der Waals surface area contributed by atoms with Crippen molar-refractivity contribution in [2.45, 2.75) is 89.0 Å². The first-order valence-electron chi connectivity index (χ1n) is 12.6. The van der Waals surface area contributed by atoms with Gasteiger partial charge in [0.25, 0.3) is 0 Å². The smallest absolute Gasteiger partial charge is 0.172 e. The third-order valence-electron chi connectivity index (χ3n) is 9.92. The molecule has 2 aliphatic heterocycles. The molecular formula is C27H40O7. The number of rotatable bonds is 6. The molecule has 2 saturated heterocycles. The molecule has 1 aromatic carbocycles. The lowest BCUT2D eigenvalue weighted by Crippen LogP contribution is -2.73. The van der Waals surface area contributed by atoms with Gasteiger partial charge in [0.05, 0.1) is 18.8 Å². The number of hydrogen-bond donors (Lipinski definition) is 2. The molecule has 34 heavy (non-hydrogen) atoms. The van der Waals surface area contributed by atoms with E-state index in [2.05, 4.69) is 20.8 Å². The van der Waals surface area contributed by atoms with E-state index in [-0.39, 0.29) is 24.7 Å². The van der Waals surface area contributed by atoms with Crippen LogP contribution in [0.5, 0.6) is 11.5 Å². The summed E-state index contributed by atoms with van der Waals surface area (Å²) < 4.78 is 30.1. The van der Waals surface area contributed by atoms with E-state index in [4.69, 9.17) is 23.7 Å². The highest BCUT2D eigenvalue weighted by Crippen LogP contribution is 2.67. The van der Waals surface area contributed by atoms with Crippen LogP contribution in [-0.4, -0.2) is 60.9 Å². The summed E-state index contributed by atoms with van der Waals surface area (Å²) in [6, 6.07) is 7.50. The predicted octanol–water partition coefficient (Wildman–Crippen LogP) is 3.90. The molecule has 7 nitrogen and oxygen atoms in total. The average Bonchev–Trinajstić information content (AvgIpc) is 3.00. The molecule has 2 aliphatic carbocycles. The maximum absolute atomic E-state index is 12.2. The lowest BCUT2D eigenvalue weighted by Gasteiger charge is -2.62. The second-order valence-corrected chi connectivity index (χ2v) is 11.6. The van der Waals surface area contributed by atoms with Gasteiger partial charge < -0.3 is 33.9 Å². The molecule has 8 atom stereocenters. The maximum Gasteiger partial charge on any atom is 0.172 e. The Kier molecular flexibility index (Phi) is 5.97. The van der Waals surface area contributed by atoms with Crippen molar-refractivity contribution < 1.29 is 33.9 Å². The molecule has 7 heteroatoms. The van der Waals surface area contributed by atoms with Crippen LogP contribution in [0.15, 0.2) is 24.3 Å². The van der Waals surface area contributed by atoms with Crippen LogP contribution in [0, 0.1) is 22.7 Å². The molecule has 0 amide bonds. The summed E-state index contributed by atoms with van der Waals surface area (Å²) in [5.41, 5.74) is -2.13. The SMILES string of the molecule is COCO[C@@H]1CCC[C@]2(C)[C@H]1[C@@H](Oc1ccc(OC)cc1)[C@H]1O[C@@]2(O)C[C@H]2CC[C@@]1(O)C2(C)C. The van der Waals surface area contributed by atoms with Crippen molar-refractivity contribution >= 4 is 0 Å². The third kappa shape index (κ3) is 3.34. The largest absolute Gasteiger partial charge is 0.497 e. The molecule has 4 fully saturated rings. The molecule has 4 aliphatic rings. The number of ether oxygens (including phenoxy) is 5. The van der Waals surface area contributed by atoms with Crippen molar-refractivity contribution in [2.24, 2.45) is 22.7 Å². The Hall–Kier alpha value is -1.38. The summed E-state index contributed by atoms with van der Waals surface area (Å²) in [6.45, 7) is 6.53.